The lowest BCUT2D eigenvalue weighted by atomic mass is 9.67. The Morgan fingerprint density at radius 1 is 1.53 bits per heavy atom. The molecule has 1 aromatic heterocycles. The van der Waals surface area contributed by atoms with Crippen LogP contribution < -0.4 is 5.32 Å². The van der Waals surface area contributed by atoms with E-state index in [9.17, 15) is 0 Å². The molecule has 0 saturated heterocycles. The van der Waals surface area contributed by atoms with Crippen molar-refractivity contribution in [3.8, 4) is 0 Å². The molecule has 0 aliphatic heterocycles. The third-order valence-corrected chi connectivity index (χ3v) is 4.25. The average Bonchev–Trinajstić information content (AvgIpc) is 2.19. The zero-order valence-electron chi connectivity index (χ0n) is 8.96. The molecule has 15 heavy (non-hydrogen) atoms. The summed E-state index contributed by atoms with van der Waals surface area (Å²) >= 11 is 2.27. The van der Waals surface area contributed by atoms with Gasteiger partial charge in [-0.05, 0) is 47.3 Å². The Labute approximate surface area is 104 Å². The molecule has 1 saturated carbocycles. The average molecular weight is 317 g/mol. The van der Waals surface area contributed by atoms with Crippen LogP contribution >= 0.6 is 22.6 Å². The van der Waals surface area contributed by atoms with E-state index in [1.807, 2.05) is 6.20 Å². The fourth-order valence-corrected chi connectivity index (χ4v) is 2.54. The topological polar surface area (TPSA) is 37.8 Å². The maximum absolute atomic E-state index is 4.24. The highest BCUT2D eigenvalue weighted by Crippen LogP contribution is 2.43. The van der Waals surface area contributed by atoms with Crippen molar-refractivity contribution in [2.45, 2.75) is 32.6 Å². The minimum Gasteiger partial charge on any atom is -0.369 e. The van der Waals surface area contributed by atoms with E-state index < -0.39 is 0 Å². The molecule has 0 amide bonds. The first-order valence-corrected chi connectivity index (χ1v) is 6.53. The lowest BCUT2D eigenvalue weighted by molar-refractivity contribution is 0.145. The molecule has 4 heteroatoms. The fourth-order valence-electron chi connectivity index (χ4n) is 2.05. The lowest BCUT2D eigenvalue weighted by Crippen LogP contribution is -2.36. The number of aromatic nitrogens is 2. The molecular formula is C11H16IN3. The van der Waals surface area contributed by atoms with Gasteiger partial charge in [0.25, 0.3) is 0 Å². The largest absolute Gasteiger partial charge is 0.369 e. The maximum atomic E-state index is 4.24. The zero-order valence-corrected chi connectivity index (χ0v) is 11.1. The number of nitrogens with one attached hydrogen (secondary N) is 1. The molecule has 82 valence electrons. The van der Waals surface area contributed by atoms with Gasteiger partial charge in [0, 0.05) is 12.7 Å². The second-order valence-electron chi connectivity index (χ2n) is 4.28. The Balaban J connectivity index is 1.95. The van der Waals surface area contributed by atoms with Crippen LogP contribution in [0.5, 0.6) is 0 Å². The summed E-state index contributed by atoms with van der Waals surface area (Å²) in [5.41, 5.74) is 0.536. The molecule has 1 aliphatic carbocycles. The van der Waals surface area contributed by atoms with Gasteiger partial charge in [-0.1, -0.05) is 13.3 Å². The van der Waals surface area contributed by atoms with Gasteiger partial charge < -0.3 is 5.32 Å². The number of rotatable bonds is 4. The SMILES string of the molecule is CCC1(CNc2ncncc2I)CCC1. The molecule has 0 spiro atoms. The lowest BCUT2D eigenvalue weighted by Gasteiger charge is -2.41. The monoisotopic (exact) mass is 317 g/mol. The molecule has 0 unspecified atom stereocenters. The van der Waals surface area contributed by atoms with Crippen molar-refractivity contribution in [1.82, 2.24) is 9.97 Å². The maximum Gasteiger partial charge on any atom is 0.142 e. The van der Waals surface area contributed by atoms with E-state index >= 15 is 0 Å². The zero-order chi connectivity index (χ0) is 10.7. The Hall–Kier alpha value is -0.390. The number of anilines is 1. The third kappa shape index (κ3) is 2.41. The van der Waals surface area contributed by atoms with Gasteiger partial charge >= 0.3 is 0 Å². The first kappa shape index (κ1) is 11.1. The summed E-state index contributed by atoms with van der Waals surface area (Å²) < 4.78 is 1.10. The molecular weight excluding hydrogens is 301 g/mol. The highest BCUT2D eigenvalue weighted by Gasteiger charge is 2.34. The van der Waals surface area contributed by atoms with E-state index in [1.165, 1.54) is 25.7 Å². The van der Waals surface area contributed by atoms with Gasteiger partial charge in [-0.15, -0.1) is 0 Å². The van der Waals surface area contributed by atoms with E-state index in [4.69, 9.17) is 0 Å². The summed E-state index contributed by atoms with van der Waals surface area (Å²) in [5.74, 6) is 0.977. The molecule has 1 N–H and O–H groups in total. The van der Waals surface area contributed by atoms with Gasteiger partial charge in [0.05, 0.1) is 3.57 Å². The quantitative estimate of drug-likeness (QED) is 0.867. The van der Waals surface area contributed by atoms with Crippen molar-refractivity contribution in [2.24, 2.45) is 5.41 Å². The number of hydrogen-bond acceptors (Lipinski definition) is 3. The van der Waals surface area contributed by atoms with Crippen molar-refractivity contribution in [1.29, 1.82) is 0 Å². The summed E-state index contributed by atoms with van der Waals surface area (Å²) in [4.78, 5) is 8.23. The Kier molecular flexibility index (Phi) is 3.43. The standard InChI is InChI=1S/C11H16IN3/c1-2-11(4-3-5-11)7-14-10-9(12)6-13-8-15-10/h6,8H,2-5,7H2,1H3,(H,13,14,15). The molecule has 1 aliphatic rings. The van der Waals surface area contributed by atoms with Crippen LogP contribution in [0.15, 0.2) is 12.5 Å². The highest BCUT2D eigenvalue weighted by molar-refractivity contribution is 14.1. The van der Waals surface area contributed by atoms with Crippen LogP contribution in [0.4, 0.5) is 5.82 Å². The molecule has 1 fully saturated rings. The van der Waals surface area contributed by atoms with E-state index in [1.54, 1.807) is 6.33 Å². The molecule has 1 aromatic rings. The molecule has 0 radical (unpaired) electrons. The fraction of sp³-hybridized carbons (Fsp3) is 0.636. The molecule has 0 aromatic carbocycles. The van der Waals surface area contributed by atoms with E-state index in [0.717, 1.165) is 15.9 Å². The second-order valence-corrected chi connectivity index (χ2v) is 5.44. The van der Waals surface area contributed by atoms with Gasteiger partial charge in [-0.2, -0.15) is 0 Å². The Bertz CT molecular complexity index is 331. The van der Waals surface area contributed by atoms with Crippen molar-refractivity contribution >= 4 is 28.4 Å². The van der Waals surface area contributed by atoms with E-state index in [0.29, 0.717) is 5.41 Å². The van der Waals surface area contributed by atoms with Crippen LogP contribution in [0.25, 0.3) is 0 Å². The summed E-state index contributed by atoms with van der Waals surface area (Å²) in [7, 11) is 0. The van der Waals surface area contributed by atoms with Crippen molar-refractivity contribution in [2.75, 3.05) is 11.9 Å². The van der Waals surface area contributed by atoms with Gasteiger partial charge in [-0.3, -0.25) is 0 Å². The first-order valence-electron chi connectivity index (χ1n) is 5.45. The van der Waals surface area contributed by atoms with Gasteiger partial charge in [0.2, 0.25) is 0 Å². The van der Waals surface area contributed by atoms with Gasteiger partial charge in [0.15, 0.2) is 0 Å². The minimum atomic E-state index is 0.536. The predicted octanol–water partition coefficient (Wildman–Crippen LogP) is 3.07. The molecule has 1 heterocycles. The van der Waals surface area contributed by atoms with Gasteiger partial charge in [0.1, 0.15) is 12.1 Å². The number of hydrogen-bond donors (Lipinski definition) is 1. The van der Waals surface area contributed by atoms with Crippen LogP contribution in [-0.4, -0.2) is 16.5 Å². The second kappa shape index (κ2) is 4.63. The van der Waals surface area contributed by atoms with Gasteiger partial charge in [-0.25, -0.2) is 9.97 Å². The first-order chi connectivity index (χ1) is 7.26. The molecule has 0 atom stereocenters. The molecule has 3 nitrogen and oxygen atoms in total. The van der Waals surface area contributed by atoms with Crippen LogP contribution in [0.1, 0.15) is 32.6 Å². The van der Waals surface area contributed by atoms with Crippen molar-refractivity contribution in [3.05, 3.63) is 16.1 Å². The Morgan fingerprint density at radius 2 is 2.33 bits per heavy atom. The van der Waals surface area contributed by atoms with Crippen LogP contribution in [0, 0.1) is 8.99 Å². The van der Waals surface area contributed by atoms with E-state index in [2.05, 4.69) is 44.8 Å². The minimum absolute atomic E-state index is 0.536. The number of nitrogens with zero attached hydrogens (tertiary/aromatic N) is 2. The molecule has 2 rings (SSSR count). The summed E-state index contributed by atoms with van der Waals surface area (Å²) in [6.45, 7) is 3.34. The van der Waals surface area contributed by atoms with Crippen LogP contribution in [-0.2, 0) is 0 Å². The smallest absolute Gasteiger partial charge is 0.142 e. The molecule has 0 bridgehead atoms. The summed E-state index contributed by atoms with van der Waals surface area (Å²) in [6.07, 6.45) is 8.81. The highest BCUT2D eigenvalue weighted by atomic mass is 127. The van der Waals surface area contributed by atoms with Crippen LogP contribution in [0.2, 0.25) is 0 Å². The predicted molar refractivity (Wildman–Crippen MR) is 69.8 cm³/mol. The summed E-state index contributed by atoms with van der Waals surface area (Å²) in [5, 5.41) is 3.45. The normalized spacial score (nSPS) is 18.3. The van der Waals surface area contributed by atoms with E-state index in [-0.39, 0.29) is 0 Å². The third-order valence-electron chi connectivity index (χ3n) is 3.46. The number of halogens is 1. The van der Waals surface area contributed by atoms with Crippen LogP contribution in [0.3, 0.4) is 0 Å². The summed E-state index contributed by atoms with van der Waals surface area (Å²) in [6, 6.07) is 0. The van der Waals surface area contributed by atoms with Crippen molar-refractivity contribution < 1.29 is 0 Å². The Morgan fingerprint density at radius 3 is 2.87 bits per heavy atom. The van der Waals surface area contributed by atoms with Crippen molar-refractivity contribution in [3.63, 3.8) is 0 Å².